The lowest BCUT2D eigenvalue weighted by atomic mass is 9.79. The molecule has 19 heavy (non-hydrogen) atoms. The van der Waals surface area contributed by atoms with E-state index in [1.807, 2.05) is 0 Å². The van der Waals surface area contributed by atoms with Crippen LogP contribution in [0.4, 0.5) is 17.6 Å². The van der Waals surface area contributed by atoms with Crippen molar-refractivity contribution in [3.63, 3.8) is 0 Å². The summed E-state index contributed by atoms with van der Waals surface area (Å²) in [5, 5.41) is 0. The van der Waals surface area contributed by atoms with Gasteiger partial charge in [-0.1, -0.05) is 18.2 Å². The Morgan fingerprint density at radius 2 is 2.00 bits per heavy atom. The van der Waals surface area contributed by atoms with Gasteiger partial charge in [-0.2, -0.15) is 18.7 Å². The summed E-state index contributed by atoms with van der Waals surface area (Å²) in [6, 6.07) is 5.72. The molecule has 0 bridgehead atoms. The molecule has 0 aromatic heterocycles. The van der Waals surface area contributed by atoms with E-state index in [-0.39, 0.29) is 18.8 Å². The highest BCUT2D eigenvalue weighted by atomic mass is 19.4. The zero-order valence-corrected chi connectivity index (χ0v) is 9.71. The number of hydroxylamine groups is 1. The zero-order chi connectivity index (χ0) is 13.7. The van der Waals surface area contributed by atoms with Crippen LogP contribution < -0.4 is 5.48 Å². The molecule has 2 aliphatic rings. The topological polar surface area (TPSA) is 30.5 Å². The van der Waals surface area contributed by atoms with Crippen LogP contribution in [0.2, 0.25) is 0 Å². The molecule has 0 aliphatic carbocycles. The quantitative estimate of drug-likeness (QED) is 0.798. The number of benzene rings is 1. The normalized spacial score (nSPS) is 34.5. The summed E-state index contributed by atoms with van der Waals surface area (Å²) in [7, 11) is 0. The molecule has 2 saturated heterocycles. The van der Waals surface area contributed by atoms with E-state index in [1.54, 1.807) is 6.07 Å². The summed E-state index contributed by atoms with van der Waals surface area (Å²) in [6.45, 7) is -0.443. The Hall–Kier alpha value is -1.18. The molecule has 0 spiro atoms. The van der Waals surface area contributed by atoms with Crippen molar-refractivity contribution < 1.29 is 27.1 Å². The fourth-order valence-corrected chi connectivity index (χ4v) is 2.78. The molecule has 3 atom stereocenters. The SMILES string of the molecule is Fc1ccccc1[C@]12COC(C(F)(F)F)[C@H]1CON2. The minimum Gasteiger partial charge on any atom is -0.366 e. The first-order valence-electron chi connectivity index (χ1n) is 5.77. The average molecular weight is 277 g/mol. The van der Waals surface area contributed by atoms with Crippen LogP contribution in [0.3, 0.4) is 0 Å². The number of rotatable bonds is 1. The first-order valence-corrected chi connectivity index (χ1v) is 5.77. The molecule has 7 heteroatoms. The Kier molecular flexibility index (Phi) is 2.81. The molecular weight excluding hydrogens is 266 g/mol. The molecule has 1 unspecified atom stereocenters. The number of hydrogen-bond donors (Lipinski definition) is 1. The Bertz CT molecular complexity index is 493. The van der Waals surface area contributed by atoms with Gasteiger partial charge in [0.2, 0.25) is 0 Å². The standard InChI is InChI=1S/C12H11F4NO2/c13-9-4-2-1-3-7(9)11-6-18-10(12(14,15)16)8(11)5-19-17-11/h1-4,8,10,17H,5-6H2/t8-,10?,11-/m1/s1. The van der Waals surface area contributed by atoms with Crippen molar-refractivity contribution in [1.29, 1.82) is 0 Å². The predicted molar refractivity (Wildman–Crippen MR) is 56.5 cm³/mol. The molecule has 0 radical (unpaired) electrons. The molecule has 1 aromatic carbocycles. The van der Waals surface area contributed by atoms with Gasteiger partial charge < -0.3 is 9.57 Å². The van der Waals surface area contributed by atoms with Crippen molar-refractivity contribution >= 4 is 0 Å². The predicted octanol–water partition coefficient (Wildman–Crippen LogP) is 2.13. The number of nitrogens with one attached hydrogen (secondary N) is 1. The van der Waals surface area contributed by atoms with Gasteiger partial charge in [-0.3, -0.25) is 0 Å². The number of fused-ring (bicyclic) bond motifs is 1. The second kappa shape index (κ2) is 4.16. The number of alkyl halides is 3. The number of hydrogen-bond acceptors (Lipinski definition) is 3. The third-order valence-corrected chi connectivity index (χ3v) is 3.68. The van der Waals surface area contributed by atoms with Crippen molar-refractivity contribution in [1.82, 2.24) is 5.48 Å². The van der Waals surface area contributed by atoms with Crippen LogP contribution in [0.1, 0.15) is 5.56 Å². The minimum atomic E-state index is -4.49. The third kappa shape index (κ3) is 1.84. The Morgan fingerprint density at radius 3 is 2.68 bits per heavy atom. The van der Waals surface area contributed by atoms with Gasteiger partial charge in [0.05, 0.1) is 13.2 Å². The lowest BCUT2D eigenvalue weighted by Gasteiger charge is -2.28. The first kappa shape index (κ1) is 12.8. The van der Waals surface area contributed by atoms with Crippen LogP contribution in [-0.2, 0) is 15.1 Å². The average Bonchev–Trinajstić information content (AvgIpc) is 2.86. The molecule has 3 rings (SSSR count). The number of ether oxygens (including phenoxy) is 1. The van der Waals surface area contributed by atoms with Crippen LogP contribution in [-0.4, -0.2) is 25.5 Å². The van der Waals surface area contributed by atoms with E-state index in [1.165, 1.54) is 18.2 Å². The highest BCUT2D eigenvalue weighted by molar-refractivity contribution is 5.30. The van der Waals surface area contributed by atoms with Crippen molar-refractivity contribution in [3.05, 3.63) is 35.6 Å². The highest BCUT2D eigenvalue weighted by Crippen LogP contribution is 2.48. The van der Waals surface area contributed by atoms with E-state index in [9.17, 15) is 17.6 Å². The van der Waals surface area contributed by atoms with Crippen LogP contribution in [0.5, 0.6) is 0 Å². The van der Waals surface area contributed by atoms with E-state index in [0.29, 0.717) is 0 Å². The summed E-state index contributed by atoms with van der Waals surface area (Å²) in [4.78, 5) is 4.95. The van der Waals surface area contributed by atoms with E-state index in [2.05, 4.69) is 5.48 Å². The van der Waals surface area contributed by atoms with E-state index in [0.717, 1.165) is 0 Å². The fraction of sp³-hybridized carbons (Fsp3) is 0.500. The van der Waals surface area contributed by atoms with Gasteiger partial charge >= 0.3 is 6.18 Å². The maximum absolute atomic E-state index is 13.9. The smallest absolute Gasteiger partial charge is 0.366 e. The summed E-state index contributed by atoms with van der Waals surface area (Å²) >= 11 is 0. The van der Waals surface area contributed by atoms with Gasteiger partial charge in [0.25, 0.3) is 0 Å². The molecule has 3 nitrogen and oxygen atoms in total. The van der Waals surface area contributed by atoms with Gasteiger partial charge in [0.1, 0.15) is 11.4 Å². The van der Waals surface area contributed by atoms with Crippen LogP contribution >= 0.6 is 0 Å². The first-order chi connectivity index (χ1) is 8.95. The molecule has 2 aliphatic heterocycles. The molecular formula is C12H11F4NO2. The Morgan fingerprint density at radius 1 is 1.26 bits per heavy atom. The third-order valence-electron chi connectivity index (χ3n) is 3.68. The van der Waals surface area contributed by atoms with Gasteiger partial charge in [0, 0.05) is 11.5 Å². The summed E-state index contributed by atoms with van der Waals surface area (Å²) in [5.74, 6) is -1.57. The summed E-state index contributed by atoms with van der Waals surface area (Å²) in [6.07, 6.45) is -6.44. The van der Waals surface area contributed by atoms with Crippen LogP contribution in [0, 0.1) is 11.7 Å². The van der Waals surface area contributed by atoms with Gasteiger partial charge in [-0.15, -0.1) is 0 Å². The highest BCUT2D eigenvalue weighted by Gasteiger charge is 2.63. The molecule has 2 heterocycles. The summed E-state index contributed by atoms with van der Waals surface area (Å²) in [5.41, 5.74) is 1.40. The van der Waals surface area contributed by atoms with Crippen molar-refractivity contribution in [2.45, 2.75) is 17.8 Å². The van der Waals surface area contributed by atoms with Crippen LogP contribution in [0.25, 0.3) is 0 Å². The fourth-order valence-electron chi connectivity index (χ4n) is 2.78. The Balaban J connectivity index is 2.03. The van der Waals surface area contributed by atoms with Gasteiger partial charge in [0.15, 0.2) is 6.10 Å². The molecule has 1 aromatic rings. The largest absolute Gasteiger partial charge is 0.415 e. The molecule has 1 N–H and O–H groups in total. The Labute approximate surface area is 106 Å². The maximum Gasteiger partial charge on any atom is 0.415 e. The van der Waals surface area contributed by atoms with E-state index >= 15 is 0 Å². The second-order valence-corrected chi connectivity index (χ2v) is 4.74. The molecule has 0 amide bonds. The van der Waals surface area contributed by atoms with E-state index in [4.69, 9.17) is 9.57 Å². The van der Waals surface area contributed by atoms with Gasteiger partial charge in [-0.25, -0.2) is 4.39 Å². The summed E-state index contributed by atoms with van der Waals surface area (Å²) < 4.78 is 57.4. The van der Waals surface area contributed by atoms with E-state index < -0.39 is 29.6 Å². The maximum atomic E-state index is 13.9. The lowest BCUT2D eigenvalue weighted by Crippen LogP contribution is -2.45. The van der Waals surface area contributed by atoms with Gasteiger partial charge in [-0.05, 0) is 6.07 Å². The number of halogens is 4. The van der Waals surface area contributed by atoms with Crippen molar-refractivity contribution in [2.24, 2.45) is 5.92 Å². The molecule has 104 valence electrons. The van der Waals surface area contributed by atoms with Crippen LogP contribution in [0.15, 0.2) is 24.3 Å². The van der Waals surface area contributed by atoms with Crippen molar-refractivity contribution in [3.8, 4) is 0 Å². The van der Waals surface area contributed by atoms with Crippen molar-refractivity contribution in [2.75, 3.05) is 13.2 Å². The molecule has 2 fully saturated rings. The lowest BCUT2D eigenvalue weighted by molar-refractivity contribution is -0.219. The second-order valence-electron chi connectivity index (χ2n) is 4.74. The molecule has 0 saturated carbocycles. The zero-order valence-electron chi connectivity index (χ0n) is 9.71. The minimum absolute atomic E-state index is 0.143. The monoisotopic (exact) mass is 277 g/mol.